The standard InChI is InChI=1S/C20H19F4N7O2/c1-11(21)15-10-33-19(32)31(15)17-5-7-25-18(28-17)27-12(2)14-6-8-30(29-14)13-3-4-16(26-9-13)20(22,23)24/h3-9,11-12,15H,10H2,1-2H3,(H,25,27,28)/t11-,12-,15?/m0/s1. The molecule has 13 heteroatoms. The molecule has 0 spiro atoms. The summed E-state index contributed by atoms with van der Waals surface area (Å²) in [5, 5.41) is 7.40. The molecule has 0 saturated carbocycles. The van der Waals surface area contributed by atoms with Crippen molar-refractivity contribution in [3.05, 3.63) is 54.2 Å². The second kappa shape index (κ2) is 8.64. The van der Waals surface area contributed by atoms with E-state index in [4.69, 9.17) is 4.74 Å². The highest BCUT2D eigenvalue weighted by atomic mass is 19.4. The normalized spacial score (nSPS) is 18.2. The Kier molecular flexibility index (Phi) is 5.87. The molecule has 3 atom stereocenters. The lowest BCUT2D eigenvalue weighted by molar-refractivity contribution is -0.141. The van der Waals surface area contributed by atoms with Gasteiger partial charge in [-0.25, -0.2) is 23.8 Å². The van der Waals surface area contributed by atoms with Crippen LogP contribution in [0.2, 0.25) is 0 Å². The second-order valence-electron chi connectivity index (χ2n) is 7.38. The summed E-state index contributed by atoms with van der Waals surface area (Å²) >= 11 is 0. The summed E-state index contributed by atoms with van der Waals surface area (Å²) < 4.78 is 58.3. The molecule has 1 saturated heterocycles. The molecule has 1 aliphatic rings. The largest absolute Gasteiger partial charge is 0.447 e. The summed E-state index contributed by atoms with van der Waals surface area (Å²) in [5.41, 5.74) is -0.0738. The number of halogens is 4. The summed E-state index contributed by atoms with van der Waals surface area (Å²) in [6, 6.07) is 4.12. The van der Waals surface area contributed by atoms with E-state index in [2.05, 4.69) is 25.4 Å². The number of pyridine rings is 1. The number of carbonyl (C=O) groups is 1. The molecule has 3 aromatic rings. The van der Waals surface area contributed by atoms with E-state index in [1.807, 2.05) is 0 Å². The first-order valence-electron chi connectivity index (χ1n) is 9.92. The first-order valence-corrected chi connectivity index (χ1v) is 9.92. The Morgan fingerprint density at radius 2 is 1.97 bits per heavy atom. The van der Waals surface area contributed by atoms with Crippen LogP contribution in [-0.4, -0.2) is 49.6 Å². The summed E-state index contributed by atoms with van der Waals surface area (Å²) in [6.07, 6.45) is -2.43. The minimum absolute atomic E-state index is 0.0735. The van der Waals surface area contributed by atoms with Gasteiger partial charge < -0.3 is 10.1 Å². The van der Waals surface area contributed by atoms with Crippen LogP contribution in [0, 0.1) is 0 Å². The monoisotopic (exact) mass is 465 g/mol. The highest BCUT2D eigenvalue weighted by Crippen LogP contribution is 2.28. The highest BCUT2D eigenvalue weighted by molar-refractivity contribution is 5.89. The van der Waals surface area contributed by atoms with E-state index in [-0.39, 0.29) is 18.4 Å². The van der Waals surface area contributed by atoms with E-state index in [0.717, 1.165) is 17.2 Å². The zero-order valence-electron chi connectivity index (χ0n) is 17.5. The van der Waals surface area contributed by atoms with Crippen molar-refractivity contribution in [2.24, 2.45) is 0 Å². The van der Waals surface area contributed by atoms with Crippen molar-refractivity contribution < 1.29 is 27.1 Å². The van der Waals surface area contributed by atoms with Crippen molar-refractivity contribution >= 4 is 17.9 Å². The van der Waals surface area contributed by atoms with Crippen LogP contribution in [0.5, 0.6) is 0 Å². The molecule has 1 amide bonds. The quantitative estimate of drug-likeness (QED) is 0.551. The van der Waals surface area contributed by atoms with Crippen LogP contribution in [0.1, 0.15) is 31.3 Å². The van der Waals surface area contributed by atoms with Gasteiger partial charge in [-0.05, 0) is 38.1 Å². The highest BCUT2D eigenvalue weighted by Gasteiger charge is 2.39. The number of aromatic nitrogens is 5. The Morgan fingerprint density at radius 3 is 2.64 bits per heavy atom. The summed E-state index contributed by atoms with van der Waals surface area (Å²) in [4.78, 5) is 25.0. The van der Waals surface area contributed by atoms with Crippen LogP contribution in [0.4, 0.5) is 34.1 Å². The molecule has 0 aromatic carbocycles. The molecule has 0 bridgehead atoms. The smallest absolute Gasteiger partial charge is 0.433 e. The van der Waals surface area contributed by atoms with E-state index in [1.165, 1.54) is 29.9 Å². The first kappa shape index (κ1) is 22.4. The zero-order valence-corrected chi connectivity index (χ0v) is 17.5. The summed E-state index contributed by atoms with van der Waals surface area (Å²) in [5.74, 6) is 0.369. The topological polar surface area (TPSA) is 98.1 Å². The summed E-state index contributed by atoms with van der Waals surface area (Å²) in [6.45, 7) is 3.05. The fourth-order valence-corrected chi connectivity index (χ4v) is 3.26. The number of ether oxygens (including phenoxy) is 1. The van der Waals surface area contributed by atoms with Gasteiger partial charge in [0.15, 0.2) is 0 Å². The van der Waals surface area contributed by atoms with Crippen LogP contribution >= 0.6 is 0 Å². The van der Waals surface area contributed by atoms with Crippen molar-refractivity contribution in [3.63, 3.8) is 0 Å². The minimum atomic E-state index is -4.52. The maximum atomic E-state index is 13.9. The number of anilines is 2. The average molecular weight is 465 g/mol. The molecule has 174 valence electrons. The van der Waals surface area contributed by atoms with Gasteiger partial charge >= 0.3 is 12.3 Å². The molecule has 3 aromatic heterocycles. The van der Waals surface area contributed by atoms with Gasteiger partial charge in [0.25, 0.3) is 0 Å². The third kappa shape index (κ3) is 4.71. The maximum absolute atomic E-state index is 13.9. The molecule has 9 nitrogen and oxygen atoms in total. The fourth-order valence-electron chi connectivity index (χ4n) is 3.26. The van der Waals surface area contributed by atoms with Gasteiger partial charge in [0, 0.05) is 12.4 Å². The minimum Gasteiger partial charge on any atom is -0.447 e. The maximum Gasteiger partial charge on any atom is 0.433 e. The van der Waals surface area contributed by atoms with Crippen LogP contribution in [-0.2, 0) is 10.9 Å². The Hall–Kier alpha value is -3.77. The summed E-state index contributed by atoms with van der Waals surface area (Å²) in [7, 11) is 0. The van der Waals surface area contributed by atoms with E-state index in [1.54, 1.807) is 19.2 Å². The van der Waals surface area contributed by atoms with Gasteiger partial charge in [-0.3, -0.25) is 4.90 Å². The van der Waals surface area contributed by atoms with Crippen LogP contribution in [0.3, 0.4) is 0 Å². The lowest BCUT2D eigenvalue weighted by Crippen LogP contribution is -2.39. The molecule has 1 fully saturated rings. The van der Waals surface area contributed by atoms with E-state index in [9.17, 15) is 22.4 Å². The van der Waals surface area contributed by atoms with Gasteiger partial charge in [-0.2, -0.15) is 23.3 Å². The third-order valence-electron chi connectivity index (χ3n) is 5.03. The predicted molar refractivity (Wildman–Crippen MR) is 109 cm³/mol. The van der Waals surface area contributed by atoms with Gasteiger partial charge in [-0.1, -0.05) is 0 Å². The van der Waals surface area contributed by atoms with Crippen molar-refractivity contribution in [1.29, 1.82) is 0 Å². The van der Waals surface area contributed by atoms with E-state index >= 15 is 0 Å². The lowest BCUT2D eigenvalue weighted by atomic mass is 10.2. The molecule has 33 heavy (non-hydrogen) atoms. The Bertz CT molecular complexity index is 1130. The molecular weight excluding hydrogens is 446 g/mol. The predicted octanol–water partition coefficient (Wildman–Crippen LogP) is 3.93. The molecular formula is C20H19F4N7O2. The Morgan fingerprint density at radius 1 is 1.18 bits per heavy atom. The third-order valence-corrected chi connectivity index (χ3v) is 5.03. The number of carbonyl (C=O) groups excluding carboxylic acids is 1. The van der Waals surface area contributed by atoms with Gasteiger partial charge in [0.1, 0.15) is 30.3 Å². The SMILES string of the molecule is C[C@H](Nc1nccc(N2C(=O)OCC2[C@H](C)F)n1)c1ccn(-c2ccc(C(F)(F)F)nc2)n1. The average Bonchev–Trinajstić information content (AvgIpc) is 3.41. The number of nitrogens with one attached hydrogen (secondary N) is 1. The number of amides is 1. The van der Waals surface area contributed by atoms with Gasteiger partial charge in [0.05, 0.1) is 23.6 Å². The number of cyclic esters (lactones) is 1. The Balaban J connectivity index is 1.48. The van der Waals surface area contributed by atoms with Crippen LogP contribution in [0.15, 0.2) is 42.9 Å². The number of hydrogen-bond donors (Lipinski definition) is 1. The van der Waals surface area contributed by atoms with Crippen molar-refractivity contribution in [2.75, 3.05) is 16.8 Å². The number of nitrogens with zero attached hydrogens (tertiary/aromatic N) is 6. The van der Waals surface area contributed by atoms with Crippen LogP contribution in [0.25, 0.3) is 5.69 Å². The molecule has 1 aliphatic heterocycles. The van der Waals surface area contributed by atoms with Gasteiger partial charge in [0.2, 0.25) is 5.95 Å². The zero-order chi connectivity index (χ0) is 23.8. The van der Waals surface area contributed by atoms with Gasteiger partial charge in [-0.15, -0.1) is 0 Å². The van der Waals surface area contributed by atoms with E-state index < -0.39 is 36.2 Å². The van der Waals surface area contributed by atoms with Crippen molar-refractivity contribution in [3.8, 4) is 5.69 Å². The fraction of sp³-hybridized carbons (Fsp3) is 0.350. The first-order chi connectivity index (χ1) is 15.6. The molecule has 1 unspecified atom stereocenters. The molecule has 0 aliphatic carbocycles. The number of rotatable bonds is 6. The van der Waals surface area contributed by atoms with E-state index in [0.29, 0.717) is 11.4 Å². The molecule has 4 rings (SSSR count). The molecule has 4 heterocycles. The Labute approximate surface area is 185 Å². The molecule has 0 radical (unpaired) electrons. The second-order valence-corrected chi connectivity index (χ2v) is 7.38. The number of hydrogen-bond acceptors (Lipinski definition) is 7. The van der Waals surface area contributed by atoms with Crippen molar-refractivity contribution in [2.45, 2.75) is 38.3 Å². The van der Waals surface area contributed by atoms with Crippen molar-refractivity contribution in [1.82, 2.24) is 24.7 Å². The van der Waals surface area contributed by atoms with Crippen LogP contribution < -0.4 is 10.2 Å². The number of alkyl halides is 4. The lowest BCUT2D eigenvalue weighted by Gasteiger charge is -2.21. The molecule has 1 N–H and O–H groups in total.